The Labute approximate surface area is 150 Å². The molecule has 0 amide bonds. The molecule has 0 heterocycles. The van der Waals surface area contributed by atoms with Crippen LogP contribution in [0.25, 0.3) is 5.57 Å². The Hall–Kier alpha value is -1.57. The van der Waals surface area contributed by atoms with Crippen LogP contribution in [0.2, 0.25) is 0 Å². The zero-order valence-corrected chi connectivity index (χ0v) is 15.9. The van der Waals surface area contributed by atoms with Crippen LogP contribution in [0.3, 0.4) is 0 Å². The summed E-state index contributed by atoms with van der Waals surface area (Å²) in [7, 11) is 1.57. The van der Waals surface area contributed by atoms with Gasteiger partial charge in [0.15, 0.2) is 5.41 Å². The van der Waals surface area contributed by atoms with Crippen molar-refractivity contribution < 1.29 is 23.8 Å². The predicted octanol–water partition coefficient (Wildman–Crippen LogP) is 3.60. The van der Waals surface area contributed by atoms with Gasteiger partial charge in [-0.15, -0.1) is 0 Å². The number of rotatable bonds is 7. The second kappa shape index (κ2) is 8.90. The van der Waals surface area contributed by atoms with Gasteiger partial charge in [0.05, 0.1) is 20.3 Å². The Kier molecular flexibility index (Phi) is 7.54. The molecule has 0 fully saturated rings. The second-order valence-electron chi connectivity index (χ2n) is 4.82. The SMILES string of the molecule is CCOC(=O)C(C)(C(=O)OCC)/C(=C/I)c1ccc(OC)cc1. The highest BCUT2D eigenvalue weighted by atomic mass is 127. The van der Waals surface area contributed by atoms with Gasteiger partial charge in [-0.25, -0.2) is 0 Å². The maximum absolute atomic E-state index is 12.5. The highest BCUT2D eigenvalue weighted by molar-refractivity contribution is 14.1. The Morgan fingerprint density at radius 2 is 1.57 bits per heavy atom. The first kappa shape index (κ1) is 19.5. The Bertz CT molecular complexity index is 559. The molecule has 126 valence electrons. The van der Waals surface area contributed by atoms with E-state index in [-0.39, 0.29) is 13.2 Å². The fraction of sp³-hybridized carbons (Fsp3) is 0.412. The quantitative estimate of drug-likeness (QED) is 0.374. The van der Waals surface area contributed by atoms with E-state index in [2.05, 4.69) is 0 Å². The first-order valence-corrected chi connectivity index (χ1v) is 8.49. The van der Waals surface area contributed by atoms with Gasteiger partial charge in [-0.3, -0.25) is 9.59 Å². The number of hydrogen-bond donors (Lipinski definition) is 0. The molecular weight excluding hydrogens is 411 g/mol. The van der Waals surface area contributed by atoms with Crippen LogP contribution in [0.1, 0.15) is 26.3 Å². The minimum absolute atomic E-state index is 0.185. The van der Waals surface area contributed by atoms with E-state index in [0.29, 0.717) is 11.3 Å². The van der Waals surface area contributed by atoms with Gasteiger partial charge >= 0.3 is 11.9 Å². The van der Waals surface area contributed by atoms with E-state index >= 15 is 0 Å². The molecule has 23 heavy (non-hydrogen) atoms. The van der Waals surface area contributed by atoms with Gasteiger partial charge in [-0.05, 0) is 48.1 Å². The number of methoxy groups -OCH3 is 1. The van der Waals surface area contributed by atoms with E-state index in [4.69, 9.17) is 14.2 Å². The molecule has 0 N–H and O–H groups in total. The van der Waals surface area contributed by atoms with Crippen molar-refractivity contribution in [2.75, 3.05) is 20.3 Å². The monoisotopic (exact) mass is 432 g/mol. The first-order chi connectivity index (χ1) is 10.9. The highest BCUT2D eigenvalue weighted by Gasteiger charge is 2.48. The number of carbonyl (C=O) groups is 2. The van der Waals surface area contributed by atoms with E-state index in [1.165, 1.54) is 6.92 Å². The standard InChI is InChI=1S/C17H21IO5/c1-5-22-15(19)17(3,16(20)23-6-2)14(11-18)12-7-9-13(21-4)10-8-12/h7-11H,5-6H2,1-4H3/b14-11+. The Balaban J connectivity index is 3.35. The molecule has 0 aromatic heterocycles. The number of esters is 2. The number of hydrogen-bond acceptors (Lipinski definition) is 5. The van der Waals surface area contributed by atoms with Gasteiger partial charge in [0.1, 0.15) is 5.75 Å². The maximum atomic E-state index is 12.5. The summed E-state index contributed by atoms with van der Waals surface area (Å²) in [6, 6.07) is 7.12. The molecule has 0 bridgehead atoms. The summed E-state index contributed by atoms with van der Waals surface area (Å²) in [6.45, 7) is 5.29. The van der Waals surface area contributed by atoms with Gasteiger partial charge in [-0.1, -0.05) is 34.7 Å². The summed E-state index contributed by atoms with van der Waals surface area (Å²) in [5.41, 5.74) is -0.275. The summed E-state index contributed by atoms with van der Waals surface area (Å²) in [5, 5.41) is 0. The van der Waals surface area contributed by atoms with Crippen LogP contribution in [0.4, 0.5) is 0 Å². The van der Waals surface area contributed by atoms with Crippen molar-refractivity contribution in [3.8, 4) is 5.75 Å². The average molecular weight is 432 g/mol. The molecule has 1 aromatic carbocycles. The van der Waals surface area contributed by atoms with Crippen LogP contribution in [0.15, 0.2) is 28.3 Å². The molecule has 0 aliphatic heterocycles. The van der Waals surface area contributed by atoms with E-state index in [1.54, 1.807) is 49.3 Å². The molecule has 6 heteroatoms. The van der Waals surface area contributed by atoms with Crippen LogP contribution < -0.4 is 4.74 Å². The first-order valence-electron chi connectivity index (χ1n) is 7.25. The van der Waals surface area contributed by atoms with E-state index in [9.17, 15) is 9.59 Å². The lowest BCUT2D eigenvalue weighted by Crippen LogP contribution is -2.40. The number of halogens is 1. The van der Waals surface area contributed by atoms with Crippen molar-refractivity contribution in [2.24, 2.45) is 5.41 Å². The lowest BCUT2D eigenvalue weighted by molar-refractivity contribution is -0.165. The molecule has 5 nitrogen and oxygen atoms in total. The topological polar surface area (TPSA) is 61.8 Å². The maximum Gasteiger partial charge on any atom is 0.327 e. The third kappa shape index (κ3) is 4.25. The molecule has 1 rings (SSSR count). The van der Waals surface area contributed by atoms with Crippen molar-refractivity contribution in [3.05, 3.63) is 33.9 Å². The number of ether oxygens (including phenoxy) is 3. The van der Waals surface area contributed by atoms with Crippen LogP contribution >= 0.6 is 22.6 Å². The van der Waals surface area contributed by atoms with E-state index in [0.717, 1.165) is 5.56 Å². The third-order valence-corrected chi connectivity index (χ3v) is 4.04. The Morgan fingerprint density at radius 1 is 1.09 bits per heavy atom. The van der Waals surface area contributed by atoms with Crippen molar-refractivity contribution >= 4 is 40.1 Å². The number of benzene rings is 1. The van der Waals surface area contributed by atoms with Crippen molar-refractivity contribution in [3.63, 3.8) is 0 Å². The third-order valence-electron chi connectivity index (χ3n) is 3.42. The molecular formula is C17H21IO5. The zero-order chi connectivity index (χ0) is 17.5. The molecule has 0 radical (unpaired) electrons. The van der Waals surface area contributed by atoms with Crippen LogP contribution in [0, 0.1) is 5.41 Å². The Morgan fingerprint density at radius 3 is 1.91 bits per heavy atom. The minimum atomic E-state index is -1.53. The van der Waals surface area contributed by atoms with Gasteiger partial charge in [0, 0.05) is 0 Å². The lowest BCUT2D eigenvalue weighted by atomic mass is 9.79. The van der Waals surface area contributed by atoms with Crippen molar-refractivity contribution in [2.45, 2.75) is 20.8 Å². The fourth-order valence-corrected chi connectivity index (χ4v) is 3.07. The zero-order valence-electron chi connectivity index (χ0n) is 13.7. The molecule has 1 aromatic rings. The molecule has 0 spiro atoms. The molecule has 0 aliphatic carbocycles. The van der Waals surface area contributed by atoms with Crippen molar-refractivity contribution in [1.82, 2.24) is 0 Å². The molecule has 0 atom stereocenters. The fourth-order valence-electron chi connectivity index (χ4n) is 2.09. The lowest BCUT2D eigenvalue weighted by Gasteiger charge is -2.27. The number of carbonyl (C=O) groups excluding carboxylic acids is 2. The highest BCUT2D eigenvalue weighted by Crippen LogP contribution is 2.39. The van der Waals surface area contributed by atoms with E-state index < -0.39 is 17.4 Å². The predicted molar refractivity (Wildman–Crippen MR) is 96.4 cm³/mol. The van der Waals surface area contributed by atoms with Gasteiger partial charge < -0.3 is 14.2 Å². The average Bonchev–Trinajstić information content (AvgIpc) is 2.56. The largest absolute Gasteiger partial charge is 0.497 e. The minimum Gasteiger partial charge on any atom is -0.497 e. The summed E-state index contributed by atoms with van der Waals surface area (Å²) in [6.07, 6.45) is 0. The molecule has 0 unspecified atom stereocenters. The van der Waals surface area contributed by atoms with Gasteiger partial charge in [0.25, 0.3) is 0 Å². The summed E-state index contributed by atoms with van der Waals surface area (Å²) in [4.78, 5) is 25.0. The summed E-state index contributed by atoms with van der Waals surface area (Å²) < 4.78 is 17.1. The van der Waals surface area contributed by atoms with Crippen LogP contribution in [-0.4, -0.2) is 32.3 Å². The molecule has 0 saturated carbocycles. The van der Waals surface area contributed by atoms with Gasteiger partial charge in [0.2, 0.25) is 0 Å². The molecule has 0 saturated heterocycles. The molecule has 0 aliphatic rings. The summed E-state index contributed by atoms with van der Waals surface area (Å²) in [5.74, 6) is -0.565. The van der Waals surface area contributed by atoms with Gasteiger partial charge in [-0.2, -0.15) is 0 Å². The van der Waals surface area contributed by atoms with E-state index in [1.807, 2.05) is 22.6 Å². The second-order valence-corrected chi connectivity index (χ2v) is 5.44. The van der Waals surface area contributed by atoms with Crippen molar-refractivity contribution in [1.29, 1.82) is 0 Å². The van der Waals surface area contributed by atoms with Crippen LogP contribution in [0.5, 0.6) is 5.75 Å². The normalized spacial score (nSPS) is 11.8. The summed E-state index contributed by atoms with van der Waals surface area (Å²) >= 11 is 2.01. The van der Waals surface area contributed by atoms with Crippen LogP contribution in [-0.2, 0) is 19.1 Å². The smallest absolute Gasteiger partial charge is 0.327 e.